The van der Waals surface area contributed by atoms with Gasteiger partial charge < -0.3 is 4.52 Å². The molecule has 0 radical (unpaired) electrons. The number of sulfonamides is 1. The van der Waals surface area contributed by atoms with Crippen molar-refractivity contribution in [3.8, 4) is 0 Å². The molecule has 3 rings (SSSR count). The average Bonchev–Trinajstić information content (AvgIpc) is 3.15. The summed E-state index contributed by atoms with van der Waals surface area (Å²) in [6, 6.07) is -0.278. The summed E-state index contributed by atoms with van der Waals surface area (Å²) in [6.45, 7) is 4.36. The second-order valence-electron chi connectivity index (χ2n) is 6.02. The van der Waals surface area contributed by atoms with Gasteiger partial charge in [0, 0.05) is 18.8 Å². The van der Waals surface area contributed by atoms with Crippen LogP contribution in [0.1, 0.15) is 57.4 Å². The molecule has 9 heteroatoms. The van der Waals surface area contributed by atoms with Crippen molar-refractivity contribution < 1.29 is 12.9 Å². The predicted octanol–water partition coefficient (Wildman–Crippen LogP) is 2.15. The third kappa shape index (κ3) is 3.16. The Hall–Kier alpha value is -1.74. The largest absolute Gasteiger partial charge is 0.343 e. The number of hydrogen-bond acceptors (Lipinski definition) is 6. The van der Waals surface area contributed by atoms with Crippen LogP contribution in [-0.2, 0) is 10.0 Å². The minimum absolute atomic E-state index is 0.107. The van der Waals surface area contributed by atoms with Gasteiger partial charge in [-0.15, -0.1) is 0 Å². The SMILES string of the molecule is CC(C)n1cc(S(=O)(=O)N2CCCCCC2c2ncon2)cn1. The van der Waals surface area contributed by atoms with Gasteiger partial charge in [-0.25, -0.2) is 8.42 Å². The van der Waals surface area contributed by atoms with E-state index in [4.69, 9.17) is 4.52 Å². The molecule has 8 nitrogen and oxygen atoms in total. The van der Waals surface area contributed by atoms with Crippen molar-refractivity contribution in [3.63, 3.8) is 0 Å². The molecule has 23 heavy (non-hydrogen) atoms. The van der Waals surface area contributed by atoms with Crippen LogP contribution in [0, 0.1) is 0 Å². The molecule has 0 amide bonds. The summed E-state index contributed by atoms with van der Waals surface area (Å²) in [6.07, 6.45) is 7.68. The number of nitrogens with zero attached hydrogens (tertiary/aromatic N) is 5. The van der Waals surface area contributed by atoms with E-state index in [2.05, 4.69) is 15.2 Å². The smallest absolute Gasteiger partial charge is 0.246 e. The molecular formula is C14H21N5O3S. The molecule has 1 saturated heterocycles. The minimum atomic E-state index is -3.64. The van der Waals surface area contributed by atoms with Gasteiger partial charge in [-0.3, -0.25) is 4.68 Å². The van der Waals surface area contributed by atoms with Crippen molar-refractivity contribution in [3.05, 3.63) is 24.6 Å². The van der Waals surface area contributed by atoms with Gasteiger partial charge >= 0.3 is 0 Å². The molecule has 1 fully saturated rings. The van der Waals surface area contributed by atoms with E-state index in [1.165, 1.54) is 16.9 Å². The molecule has 0 bridgehead atoms. The van der Waals surface area contributed by atoms with E-state index in [9.17, 15) is 8.42 Å². The van der Waals surface area contributed by atoms with E-state index in [1.54, 1.807) is 10.9 Å². The van der Waals surface area contributed by atoms with Gasteiger partial charge in [0.1, 0.15) is 4.90 Å². The molecule has 2 aromatic rings. The molecule has 0 saturated carbocycles. The Labute approximate surface area is 135 Å². The highest BCUT2D eigenvalue weighted by molar-refractivity contribution is 7.89. The first-order chi connectivity index (χ1) is 11.0. The van der Waals surface area contributed by atoms with Crippen molar-refractivity contribution >= 4 is 10.0 Å². The van der Waals surface area contributed by atoms with Gasteiger partial charge in [-0.1, -0.05) is 18.0 Å². The predicted molar refractivity (Wildman–Crippen MR) is 82.0 cm³/mol. The molecule has 1 aliphatic rings. The Kier molecular flexibility index (Phi) is 4.49. The lowest BCUT2D eigenvalue weighted by Gasteiger charge is -2.26. The van der Waals surface area contributed by atoms with Crippen molar-refractivity contribution in [1.82, 2.24) is 24.2 Å². The molecule has 0 spiro atoms. The fraction of sp³-hybridized carbons (Fsp3) is 0.643. The highest BCUT2D eigenvalue weighted by Gasteiger charge is 2.36. The maximum absolute atomic E-state index is 13.1. The van der Waals surface area contributed by atoms with Crippen molar-refractivity contribution in [2.45, 2.75) is 56.5 Å². The van der Waals surface area contributed by atoms with Crippen LogP contribution < -0.4 is 0 Å². The summed E-state index contributed by atoms with van der Waals surface area (Å²) < 4.78 is 34.1. The zero-order valence-electron chi connectivity index (χ0n) is 13.3. The van der Waals surface area contributed by atoms with E-state index in [0.29, 0.717) is 18.8 Å². The number of aromatic nitrogens is 4. The summed E-state index contributed by atoms with van der Waals surface area (Å²) in [5.41, 5.74) is 0. The van der Waals surface area contributed by atoms with Gasteiger partial charge in [-0.05, 0) is 26.7 Å². The Morgan fingerprint density at radius 1 is 1.30 bits per heavy atom. The summed E-state index contributed by atoms with van der Waals surface area (Å²) in [4.78, 5) is 4.28. The zero-order valence-corrected chi connectivity index (χ0v) is 14.1. The molecular weight excluding hydrogens is 318 g/mol. The van der Waals surface area contributed by atoms with Crippen LogP contribution in [0.15, 0.2) is 28.2 Å². The molecule has 3 heterocycles. The minimum Gasteiger partial charge on any atom is -0.343 e. The first-order valence-electron chi connectivity index (χ1n) is 7.82. The van der Waals surface area contributed by atoms with Gasteiger partial charge in [0.05, 0.1) is 12.2 Å². The van der Waals surface area contributed by atoms with Gasteiger partial charge in [0.2, 0.25) is 16.4 Å². The average molecular weight is 339 g/mol. The maximum Gasteiger partial charge on any atom is 0.246 e. The second-order valence-corrected chi connectivity index (χ2v) is 7.91. The first-order valence-corrected chi connectivity index (χ1v) is 9.26. The molecule has 1 aliphatic heterocycles. The monoisotopic (exact) mass is 339 g/mol. The van der Waals surface area contributed by atoms with Crippen LogP contribution in [0.4, 0.5) is 0 Å². The zero-order chi connectivity index (χ0) is 16.4. The van der Waals surface area contributed by atoms with Crippen LogP contribution in [0.2, 0.25) is 0 Å². The molecule has 1 unspecified atom stereocenters. The standard InChI is InChI=1S/C14H21N5O3S/c1-11(2)18-9-12(8-16-18)23(20,21)19-7-5-3-4-6-13(19)14-15-10-22-17-14/h8-11,13H,3-7H2,1-2H3. The number of rotatable bonds is 4. The second kappa shape index (κ2) is 6.40. The summed E-state index contributed by atoms with van der Waals surface area (Å²) >= 11 is 0. The topological polar surface area (TPSA) is 94.1 Å². The van der Waals surface area contributed by atoms with E-state index >= 15 is 0 Å². The fourth-order valence-corrected chi connectivity index (χ4v) is 4.42. The highest BCUT2D eigenvalue weighted by Crippen LogP contribution is 2.33. The lowest BCUT2D eigenvalue weighted by Crippen LogP contribution is -2.35. The summed E-state index contributed by atoms with van der Waals surface area (Å²) in [7, 11) is -3.64. The van der Waals surface area contributed by atoms with Gasteiger partial charge in [-0.2, -0.15) is 14.4 Å². The molecule has 1 atom stereocenters. The fourth-order valence-electron chi connectivity index (χ4n) is 2.82. The lowest BCUT2D eigenvalue weighted by molar-refractivity contribution is 0.304. The van der Waals surface area contributed by atoms with E-state index < -0.39 is 10.0 Å². The van der Waals surface area contributed by atoms with Crippen LogP contribution >= 0.6 is 0 Å². The molecule has 0 N–H and O–H groups in total. The lowest BCUT2D eigenvalue weighted by atomic mass is 10.1. The van der Waals surface area contributed by atoms with E-state index in [-0.39, 0.29) is 17.0 Å². The van der Waals surface area contributed by atoms with Gasteiger partial charge in [0.25, 0.3) is 0 Å². The van der Waals surface area contributed by atoms with Crippen LogP contribution in [0.3, 0.4) is 0 Å². The van der Waals surface area contributed by atoms with Crippen molar-refractivity contribution in [2.24, 2.45) is 0 Å². The highest BCUT2D eigenvalue weighted by atomic mass is 32.2. The Bertz CT molecular complexity index is 738. The van der Waals surface area contributed by atoms with Crippen LogP contribution in [0.25, 0.3) is 0 Å². The van der Waals surface area contributed by atoms with E-state index in [1.807, 2.05) is 13.8 Å². The Morgan fingerprint density at radius 2 is 2.13 bits per heavy atom. The molecule has 2 aromatic heterocycles. The third-order valence-electron chi connectivity index (χ3n) is 4.09. The molecule has 126 valence electrons. The van der Waals surface area contributed by atoms with Crippen LogP contribution in [-0.4, -0.2) is 39.2 Å². The van der Waals surface area contributed by atoms with Crippen molar-refractivity contribution in [2.75, 3.05) is 6.54 Å². The molecule has 0 aromatic carbocycles. The van der Waals surface area contributed by atoms with E-state index in [0.717, 1.165) is 19.3 Å². The third-order valence-corrected chi connectivity index (χ3v) is 5.95. The Morgan fingerprint density at radius 3 is 2.78 bits per heavy atom. The number of hydrogen-bond donors (Lipinski definition) is 0. The Balaban J connectivity index is 1.97. The summed E-state index contributed by atoms with van der Waals surface area (Å²) in [5.74, 6) is 0.423. The summed E-state index contributed by atoms with van der Waals surface area (Å²) in [5, 5.41) is 8.01. The normalized spacial score (nSPS) is 20.7. The van der Waals surface area contributed by atoms with Crippen LogP contribution in [0.5, 0.6) is 0 Å². The van der Waals surface area contributed by atoms with Gasteiger partial charge in [0.15, 0.2) is 5.82 Å². The molecule has 0 aliphatic carbocycles. The van der Waals surface area contributed by atoms with Crippen molar-refractivity contribution in [1.29, 1.82) is 0 Å². The maximum atomic E-state index is 13.1. The first kappa shape index (κ1) is 16.1. The quantitative estimate of drug-likeness (QED) is 0.847.